The Morgan fingerprint density at radius 1 is 1.11 bits per heavy atom. The lowest BCUT2D eigenvalue weighted by Gasteiger charge is -2.21. The Balaban J connectivity index is 0.000000917. The van der Waals surface area contributed by atoms with Crippen LogP contribution in [0.4, 0.5) is 29.0 Å². The number of fused-ring (bicyclic) bond motifs is 1. The van der Waals surface area contributed by atoms with Gasteiger partial charge in [0.2, 0.25) is 5.95 Å². The first kappa shape index (κ1) is 24.5. The highest BCUT2D eigenvalue weighted by Crippen LogP contribution is 2.35. The molecular formula is C27H33N7S. The second-order valence-electron chi connectivity index (χ2n) is 8.62. The molecule has 5 rings (SSSR count). The Hall–Kier alpha value is -3.65. The van der Waals surface area contributed by atoms with Crippen LogP contribution >= 0.6 is 11.3 Å². The predicted octanol–water partition coefficient (Wildman–Crippen LogP) is 7.12. The van der Waals surface area contributed by atoms with Gasteiger partial charge in [-0.1, -0.05) is 39.0 Å². The summed E-state index contributed by atoms with van der Waals surface area (Å²) in [4.78, 5) is 16.1. The number of nitrogen functional groups attached to an aromatic ring is 1. The number of aromatic nitrogens is 3. The number of rotatable bonds is 6. The predicted molar refractivity (Wildman–Crippen MR) is 150 cm³/mol. The Kier molecular flexibility index (Phi) is 7.82. The minimum atomic E-state index is 0.0458. The second kappa shape index (κ2) is 11.2. The molecule has 0 bridgehead atoms. The third-order valence-corrected chi connectivity index (χ3v) is 6.48. The van der Waals surface area contributed by atoms with Crippen molar-refractivity contribution in [1.82, 2.24) is 15.0 Å². The molecule has 0 spiro atoms. The molecule has 1 atom stereocenters. The van der Waals surface area contributed by atoms with E-state index in [4.69, 9.17) is 15.7 Å². The molecule has 4 N–H and O–H groups in total. The van der Waals surface area contributed by atoms with Crippen molar-refractivity contribution in [3.05, 3.63) is 71.9 Å². The Morgan fingerprint density at radius 2 is 1.89 bits per heavy atom. The summed E-state index contributed by atoms with van der Waals surface area (Å²) in [6.07, 6.45) is 5.02. The van der Waals surface area contributed by atoms with Gasteiger partial charge in [-0.15, -0.1) is 11.3 Å². The Labute approximate surface area is 211 Å². The summed E-state index contributed by atoms with van der Waals surface area (Å²) in [5.41, 5.74) is 10.5. The van der Waals surface area contributed by atoms with E-state index in [-0.39, 0.29) is 6.04 Å². The number of benzene rings is 1. The van der Waals surface area contributed by atoms with E-state index in [1.54, 1.807) is 17.5 Å². The summed E-state index contributed by atoms with van der Waals surface area (Å²) in [5, 5.41) is 8.82. The largest absolute Gasteiger partial charge is 0.397 e. The van der Waals surface area contributed by atoms with Gasteiger partial charge in [0.25, 0.3) is 0 Å². The topological polar surface area (TPSA) is 92.0 Å². The molecule has 0 amide bonds. The fourth-order valence-electron chi connectivity index (χ4n) is 3.84. The van der Waals surface area contributed by atoms with Crippen LogP contribution in [-0.2, 0) is 0 Å². The number of allylic oxidation sites excluding steroid dienone is 1. The van der Waals surface area contributed by atoms with Gasteiger partial charge in [-0.3, -0.25) is 0 Å². The van der Waals surface area contributed by atoms with Crippen LogP contribution in [0.15, 0.2) is 66.3 Å². The maximum absolute atomic E-state index is 5.70. The number of hydrogen-bond acceptors (Lipinski definition) is 8. The summed E-state index contributed by atoms with van der Waals surface area (Å²) >= 11 is 1.68. The fraction of sp³-hybridized carbons (Fsp3) is 0.296. The van der Waals surface area contributed by atoms with Gasteiger partial charge in [-0.2, -0.15) is 4.98 Å². The number of thiophene rings is 1. The smallest absolute Gasteiger partial charge is 0.225 e. The highest BCUT2D eigenvalue weighted by Gasteiger charge is 2.22. The maximum atomic E-state index is 5.70. The lowest BCUT2D eigenvalue weighted by atomic mass is 10.1. The van der Waals surface area contributed by atoms with Crippen molar-refractivity contribution in [3.8, 4) is 0 Å². The molecule has 3 aromatic heterocycles. The molecule has 1 aromatic carbocycles. The number of nitrogens with two attached hydrogens (primary N) is 1. The SMILES string of the molecule is C=C1CCCN1c1nc(NC(C)c2ccc(Nc3ccc(N)cn3)cc2)nc2ccsc12.CCC. The monoisotopic (exact) mass is 487 g/mol. The van der Waals surface area contributed by atoms with Gasteiger partial charge in [-0.05, 0) is 61.0 Å². The van der Waals surface area contributed by atoms with E-state index in [0.717, 1.165) is 58.2 Å². The lowest BCUT2D eigenvalue weighted by Crippen LogP contribution is -2.18. The van der Waals surface area contributed by atoms with Crippen LogP contribution in [0, 0.1) is 0 Å². The van der Waals surface area contributed by atoms with Gasteiger partial charge in [0.05, 0.1) is 28.1 Å². The van der Waals surface area contributed by atoms with Crippen LogP contribution in [0.1, 0.15) is 51.6 Å². The van der Waals surface area contributed by atoms with Gasteiger partial charge in [0.1, 0.15) is 5.82 Å². The van der Waals surface area contributed by atoms with Crippen molar-refractivity contribution in [2.45, 2.75) is 46.1 Å². The molecule has 1 aliphatic heterocycles. The molecule has 4 heterocycles. The van der Waals surface area contributed by atoms with Gasteiger partial charge in [0, 0.05) is 17.9 Å². The van der Waals surface area contributed by atoms with Gasteiger partial charge in [0.15, 0.2) is 5.82 Å². The second-order valence-corrected chi connectivity index (χ2v) is 9.54. The first-order valence-electron chi connectivity index (χ1n) is 12.0. The summed E-state index contributed by atoms with van der Waals surface area (Å²) in [7, 11) is 0. The van der Waals surface area contributed by atoms with E-state index in [1.807, 2.05) is 30.3 Å². The highest BCUT2D eigenvalue weighted by atomic mass is 32.1. The number of hydrogen-bond donors (Lipinski definition) is 3. The number of anilines is 5. The van der Waals surface area contributed by atoms with E-state index in [9.17, 15) is 0 Å². The van der Waals surface area contributed by atoms with Crippen LogP contribution in [-0.4, -0.2) is 21.5 Å². The van der Waals surface area contributed by atoms with Crippen molar-refractivity contribution >= 4 is 50.5 Å². The van der Waals surface area contributed by atoms with Crippen LogP contribution in [0.25, 0.3) is 10.2 Å². The van der Waals surface area contributed by atoms with Crippen molar-refractivity contribution in [2.24, 2.45) is 0 Å². The Bertz CT molecular complexity index is 1270. The minimum absolute atomic E-state index is 0.0458. The van der Waals surface area contributed by atoms with Crippen molar-refractivity contribution in [2.75, 3.05) is 27.8 Å². The molecule has 1 fully saturated rings. The van der Waals surface area contributed by atoms with E-state index in [2.05, 4.69) is 65.4 Å². The average Bonchev–Trinajstić information content (AvgIpc) is 3.50. The van der Waals surface area contributed by atoms with E-state index in [1.165, 1.54) is 6.42 Å². The van der Waals surface area contributed by atoms with E-state index < -0.39 is 0 Å². The van der Waals surface area contributed by atoms with Crippen molar-refractivity contribution in [3.63, 3.8) is 0 Å². The number of nitrogens with one attached hydrogen (secondary N) is 2. The van der Waals surface area contributed by atoms with Crippen molar-refractivity contribution in [1.29, 1.82) is 0 Å². The zero-order valence-corrected chi connectivity index (χ0v) is 21.4. The quantitative estimate of drug-likeness (QED) is 0.267. The Morgan fingerprint density at radius 3 is 2.54 bits per heavy atom. The molecule has 0 radical (unpaired) electrons. The summed E-state index contributed by atoms with van der Waals surface area (Å²) < 4.78 is 1.11. The number of pyridine rings is 1. The standard InChI is InChI=1S/C24H25N7S.C3H8/c1-15-4-3-12-31(15)23-22-20(11-13-32-22)29-24(30-23)27-16(2)17-5-8-19(9-6-17)28-21-10-7-18(25)14-26-21;1-3-2/h5-11,13-14,16H,1,3-4,12,25H2,2H3,(H,26,28)(H,27,29,30);3H2,1-2H3. The minimum Gasteiger partial charge on any atom is -0.397 e. The first-order valence-corrected chi connectivity index (χ1v) is 12.9. The summed E-state index contributed by atoms with van der Waals surface area (Å²) in [6, 6.07) is 14.0. The molecule has 1 saturated heterocycles. The molecule has 0 aliphatic carbocycles. The molecule has 4 aromatic rings. The third kappa shape index (κ3) is 5.89. The van der Waals surface area contributed by atoms with Crippen LogP contribution < -0.4 is 21.3 Å². The zero-order chi connectivity index (χ0) is 24.8. The van der Waals surface area contributed by atoms with Gasteiger partial charge >= 0.3 is 0 Å². The highest BCUT2D eigenvalue weighted by molar-refractivity contribution is 7.17. The molecule has 7 nitrogen and oxygen atoms in total. The van der Waals surface area contributed by atoms with Crippen molar-refractivity contribution < 1.29 is 0 Å². The maximum Gasteiger partial charge on any atom is 0.225 e. The third-order valence-electron chi connectivity index (χ3n) is 5.59. The molecule has 1 unspecified atom stereocenters. The molecule has 182 valence electrons. The fourth-order valence-corrected chi connectivity index (χ4v) is 4.67. The van der Waals surface area contributed by atoms with Gasteiger partial charge in [-0.25, -0.2) is 9.97 Å². The van der Waals surface area contributed by atoms with Gasteiger partial charge < -0.3 is 21.3 Å². The van der Waals surface area contributed by atoms with E-state index in [0.29, 0.717) is 11.6 Å². The molecule has 0 saturated carbocycles. The summed E-state index contributed by atoms with van der Waals surface area (Å²) in [6.45, 7) is 11.5. The van der Waals surface area contributed by atoms with Crippen LogP contribution in [0.5, 0.6) is 0 Å². The average molecular weight is 488 g/mol. The molecule has 1 aliphatic rings. The number of nitrogens with zero attached hydrogens (tertiary/aromatic N) is 4. The summed E-state index contributed by atoms with van der Waals surface area (Å²) in [5.74, 6) is 2.34. The molecular weight excluding hydrogens is 454 g/mol. The molecule has 35 heavy (non-hydrogen) atoms. The molecule has 8 heteroatoms. The van der Waals surface area contributed by atoms with E-state index >= 15 is 0 Å². The lowest BCUT2D eigenvalue weighted by molar-refractivity contribution is 0.860. The first-order chi connectivity index (χ1) is 17.0. The van der Waals surface area contributed by atoms with Crippen LogP contribution in [0.2, 0.25) is 0 Å². The zero-order valence-electron chi connectivity index (χ0n) is 20.6. The normalized spacial score (nSPS) is 13.9. The van der Waals surface area contributed by atoms with Crippen LogP contribution in [0.3, 0.4) is 0 Å².